The topological polar surface area (TPSA) is 83.4 Å². The first-order valence-corrected chi connectivity index (χ1v) is 8.75. The monoisotopic (exact) mass is 329 g/mol. The van der Waals surface area contributed by atoms with Crippen LogP contribution >= 0.6 is 0 Å². The Balaban J connectivity index is 1.46. The van der Waals surface area contributed by atoms with Crippen LogP contribution in [0.25, 0.3) is 0 Å². The minimum absolute atomic E-state index is 0.143. The molecule has 0 radical (unpaired) electrons. The molecule has 1 heterocycles. The number of aromatic nitrogens is 2. The third-order valence-electron chi connectivity index (χ3n) is 6.17. The van der Waals surface area contributed by atoms with Crippen LogP contribution in [0.5, 0.6) is 0 Å². The Morgan fingerprint density at radius 1 is 1.08 bits per heavy atom. The van der Waals surface area contributed by atoms with Crippen LogP contribution < -0.4 is 0 Å². The quantitative estimate of drug-likeness (QED) is 0.917. The van der Waals surface area contributed by atoms with Gasteiger partial charge in [0.25, 0.3) is 5.91 Å². The first-order chi connectivity index (χ1) is 11.4. The largest absolute Gasteiger partial charge is 0.476 e. The van der Waals surface area contributed by atoms with Crippen molar-refractivity contribution in [1.29, 1.82) is 0 Å². The summed E-state index contributed by atoms with van der Waals surface area (Å²) >= 11 is 0. The van der Waals surface area contributed by atoms with Gasteiger partial charge in [-0.1, -0.05) is 0 Å². The SMILES string of the molecule is CN(CC12CC3CC(CC(C3)C1)C2)C(=O)c1cnc(C(=O)O)cn1. The summed E-state index contributed by atoms with van der Waals surface area (Å²) in [5, 5.41) is 8.87. The number of carboxylic acids is 1. The zero-order valence-corrected chi connectivity index (χ0v) is 13.9. The van der Waals surface area contributed by atoms with E-state index < -0.39 is 5.97 Å². The second-order valence-corrected chi connectivity index (χ2v) is 8.17. The van der Waals surface area contributed by atoms with Crippen LogP contribution in [0.3, 0.4) is 0 Å². The van der Waals surface area contributed by atoms with Gasteiger partial charge in [0.2, 0.25) is 0 Å². The minimum Gasteiger partial charge on any atom is -0.476 e. The van der Waals surface area contributed by atoms with Crippen molar-refractivity contribution in [2.24, 2.45) is 23.2 Å². The number of carboxylic acid groups (broad SMARTS) is 1. The molecule has 1 N–H and O–H groups in total. The molecule has 4 bridgehead atoms. The lowest BCUT2D eigenvalue weighted by molar-refractivity contribution is -0.0629. The van der Waals surface area contributed by atoms with Crippen molar-refractivity contribution < 1.29 is 14.7 Å². The van der Waals surface area contributed by atoms with Crippen LogP contribution in [0.4, 0.5) is 0 Å². The van der Waals surface area contributed by atoms with E-state index in [1.807, 2.05) is 7.05 Å². The van der Waals surface area contributed by atoms with E-state index in [4.69, 9.17) is 5.11 Å². The smallest absolute Gasteiger partial charge is 0.356 e. The molecule has 128 valence electrons. The van der Waals surface area contributed by atoms with Gasteiger partial charge in [-0.2, -0.15) is 0 Å². The van der Waals surface area contributed by atoms with Crippen LogP contribution in [0.15, 0.2) is 12.4 Å². The van der Waals surface area contributed by atoms with Gasteiger partial charge in [-0.3, -0.25) is 4.79 Å². The first kappa shape index (κ1) is 15.5. The fourth-order valence-electron chi connectivity index (χ4n) is 5.80. The molecule has 4 aliphatic carbocycles. The summed E-state index contributed by atoms with van der Waals surface area (Å²) in [6.45, 7) is 0.775. The van der Waals surface area contributed by atoms with Gasteiger partial charge in [-0.15, -0.1) is 0 Å². The maximum absolute atomic E-state index is 12.6. The van der Waals surface area contributed by atoms with E-state index in [9.17, 15) is 9.59 Å². The summed E-state index contributed by atoms with van der Waals surface area (Å²) in [6.07, 6.45) is 10.3. The average molecular weight is 329 g/mol. The molecular weight excluding hydrogens is 306 g/mol. The fourth-order valence-corrected chi connectivity index (χ4v) is 5.80. The highest BCUT2D eigenvalue weighted by Gasteiger charge is 2.51. The van der Waals surface area contributed by atoms with Gasteiger partial charge in [0.15, 0.2) is 5.69 Å². The Kier molecular flexibility index (Phi) is 3.58. The van der Waals surface area contributed by atoms with Crippen LogP contribution in [0, 0.1) is 23.2 Å². The van der Waals surface area contributed by atoms with E-state index in [2.05, 4.69) is 9.97 Å². The van der Waals surface area contributed by atoms with Crippen LogP contribution in [0.1, 0.15) is 59.5 Å². The lowest BCUT2D eigenvalue weighted by Gasteiger charge is -2.57. The van der Waals surface area contributed by atoms with Gasteiger partial charge in [-0.25, -0.2) is 14.8 Å². The summed E-state index contributed by atoms with van der Waals surface area (Å²) in [6, 6.07) is 0. The zero-order valence-electron chi connectivity index (χ0n) is 13.9. The van der Waals surface area contributed by atoms with Gasteiger partial charge in [0, 0.05) is 13.6 Å². The molecule has 1 aromatic heterocycles. The molecule has 4 saturated carbocycles. The van der Waals surface area contributed by atoms with E-state index >= 15 is 0 Å². The Morgan fingerprint density at radius 3 is 2.04 bits per heavy atom. The molecule has 1 amide bonds. The normalized spacial score (nSPS) is 33.5. The summed E-state index contributed by atoms with van der Waals surface area (Å²) < 4.78 is 0. The van der Waals surface area contributed by atoms with E-state index in [-0.39, 0.29) is 22.7 Å². The molecule has 4 fully saturated rings. The summed E-state index contributed by atoms with van der Waals surface area (Å²) in [5.41, 5.74) is 0.357. The maximum Gasteiger partial charge on any atom is 0.356 e. The van der Waals surface area contributed by atoms with Crippen LogP contribution in [-0.4, -0.2) is 45.4 Å². The summed E-state index contributed by atoms with van der Waals surface area (Å²) in [7, 11) is 1.83. The number of rotatable bonds is 4. The van der Waals surface area contributed by atoms with Crippen molar-refractivity contribution in [3.63, 3.8) is 0 Å². The number of hydrogen-bond acceptors (Lipinski definition) is 4. The van der Waals surface area contributed by atoms with Crippen molar-refractivity contribution in [3.8, 4) is 0 Å². The van der Waals surface area contributed by atoms with Crippen molar-refractivity contribution in [1.82, 2.24) is 14.9 Å². The highest BCUT2D eigenvalue weighted by Crippen LogP contribution is 2.60. The number of hydrogen-bond donors (Lipinski definition) is 1. The predicted molar refractivity (Wildman–Crippen MR) is 86.6 cm³/mol. The number of aromatic carboxylic acids is 1. The molecular formula is C18H23N3O3. The Bertz CT molecular complexity index is 635. The molecule has 0 unspecified atom stereocenters. The van der Waals surface area contributed by atoms with Crippen molar-refractivity contribution >= 4 is 11.9 Å². The Hall–Kier alpha value is -1.98. The number of nitrogens with zero attached hydrogens (tertiary/aromatic N) is 3. The van der Waals surface area contributed by atoms with Gasteiger partial charge in [0.05, 0.1) is 12.4 Å². The number of amides is 1. The lowest BCUT2D eigenvalue weighted by Crippen LogP contribution is -2.51. The second kappa shape index (κ2) is 5.53. The average Bonchev–Trinajstić information content (AvgIpc) is 2.52. The molecule has 0 aliphatic heterocycles. The third-order valence-corrected chi connectivity index (χ3v) is 6.17. The van der Waals surface area contributed by atoms with E-state index in [1.165, 1.54) is 44.7 Å². The molecule has 24 heavy (non-hydrogen) atoms. The highest BCUT2D eigenvalue weighted by atomic mass is 16.4. The summed E-state index contributed by atoms with van der Waals surface area (Å²) in [5.74, 6) is 1.26. The molecule has 6 nitrogen and oxygen atoms in total. The van der Waals surface area contributed by atoms with Gasteiger partial charge in [-0.05, 0) is 61.7 Å². The van der Waals surface area contributed by atoms with E-state index in [0.29, 0.717) is 0 Å². The molecule has 0 saturated heterocycles. The molecule has 6 heteroatoms. The molecule has 1 aromatic rings. The molecule has 0 spiro atoms. The molecule has 4 aliphatic rings. The van der Waals surface area contributed by atoms with Crippen molar-refractivity contribution in [2.75, 3.05) is 13.6 Å². The standard InChI is InChI=1S/C18H23N3O3/c1-21(16(22)14-8-20-15(9-19-14)17(23)24)10-18-5-11-2-12(6-18)4-13(3-11)7-18/h8-9,11-13H,2-7,10H2,1H3,(H,23,24). The first-order valence-electron chi connectivity index (χ1n) is 8.75. The highest BCUT2D eigenvalue weighted by molar-refractivity contribution is 5.92. The maximum atomic E-state index is 12.6. The minimum atomic E-state index is -1.14. The molecule has 0 atom stereocenters. The van der Waals surface area contributed by atoms with Gasteiger partial charge >= 0.3 is 5.97 Å². The Morgan fingerprint density at radius 2 is 1.58 bits per heavy atom. The lowest BCUT2D eigenvalue weighted by atomic mass is 9.49. The van der Waals surface area contributed by atoms with E-state index in [0.717, 1.165) is 30.5 Å². The number of carbonyl (C=O) groups excluding carboxylic acids is 1. The Labute approximate surface area is 141 Å². The van der Waals surface area contributed by atoms with Crippen molar-refractivity contribution in [3.05, 3.63) is 23.8 Å². The van der Waals surface area contributed by atoms with Crippen molar-refractivity contribution in [2.45, 2.75) is 38.5 Å². The second-order valence-electron chi connectivity index (χ2n) is 8.17. The van der Waals surface area contributed by atoms with Crippen LogP contribution in [0.2, 0.25) is 0 Å². The van der Waals surface area contributed by atoms with Gasteiger partial charge < -0.3 is 10.0 Å². The summed E-state index contributed by atoms with van der Waals surface area (Å²) in [4.78, 5) is 33.0. The van der Waals surface area contributed by atoms with E-state index in [1.54, 1.807) is 4.90 Å². The zero-order chi connectivity index (χ0) is 16.9. The number of carbonyl (C=O) groups is 2. The molecule has 5 rings (SSSR count). The van der Waals surface area contributed by atoms with Crippen LogP contribution in [-0.2, 0) is 0 Å². The third kappa shape index (κ3) is 2.68. The van der Waals surface area contributed by atoms with Gasteiger partial charge in [0.1, 0.15) is 5.69 Å². The fraction of sp³-hybridized carbons (Fsp3) is 0.667. The predicted octanol–water partition coefficient (Wildman–Crippen LogP) is 2.46. The molecule has 0 aromatic carbocycles.